The maximum atomic E-state index is 13.4. The molecular formula is C39H71N7O8S. The van der Waals surface area contributed by atoms with Gasteiger partial charge >= 0.3 is 0 Å². The van der Waals surface area contributed by atoms with Gasteiger partial charge < -0.3 is 25.3 Å². The Hall–Kier alpha value is -2.95. The van der Waals surface area contributed by atoms with Crippen LogP contribution in [-0.2, 0) is 28.8 Å². The van der Waals surface area contributed by atoms with Crippen LogP contribution >= 0.6 is 11.8 Å². The third-order valence-electron chi connectivity index (χ3n) is 11.0. The molecule has 3 saturated heterocycles. The number of carbonyl (C=O) groups is 6. The Morgan fingerprint density at radius 2 is 1.24 bits per heavy atom. The lowest BCUT2D eigenvalue weighted by molar-refractivity contribution is -0.143. The molecule has 0 aliphatic carbocycles. The molecule has 316 valence electrons. The van der Waals surface area contributed by atoms with Crippen molar-refractivity contribution >= 4 is 47.2 Å². The number of fused-ring (bicyclic) bond motifs is 1. The summed E-state index contributed by atoms with van der Waals surface area (Å²) in [7, 11) is 3.87. The zero-order valence-corrected chi connectivity index (χ0v) is 34.9. The van der Waals surface area contributed by atoms with Gasteiger partial charge in [-0.2, -0.15) is 11.8 Å². The van der Waals surface area contributed by atoms with E-state index in [1.165, 1.54) is 0 Å². The van der Waals surface area contributed by atoms with E-state index in [2.05, 4.69) is 22.6 Å². The number of hydrogen-bond donors (Lipinski definition) is 6. The first-order valence-electron chi connectivity index (χ1n) is 20.5. The highest BCUT2D eigenvalue weighted by molar-refractivity contribution is 7.98. The maximum absolute atomic E-state index is 13.4. The molecule has 3 fully saturated rings. The van der Waals surface area contributed by atoms with Crippen LogP contribution in [0.3, 0.4) is 0 Å². The highest BCUT2D eigenvalue weighted by atomic mass is 32.2. The summed E-state index contributed by atoms with van der Waals surface area (Å²) in [6.45, 7) is 6.94. The molecule has 3 rings (SSSR count). The predicted octanol–water partition coefficient (Wildman–Crippen LogP) is 3.46. The van der Waals surface area contributed by atoms with Crippen molar-refractivity contribution in [1.29, 1.82) is 0 Å². The smallest absolute Gasteiger partial charge is 0.245 e. The molecule has 0 saturated carbocycles. The fraction of sp³-hybridized carbons (Fsp3) is 0.846. The molecule has 3 aliphatic rings. The number of hydroxylamine groups is 2. The Kier molecular flexibility index (Phi) is 23.5. The van der Waals surface area contributed by atoms with Crippen LogP contribution < -0.4 is 21.6 Å². The van der Waals surface area contributed by atoms with Crippen LogP contribution in [0.25, 0.3) is 0 Å². The van der Waals surface area contributed by atoms with Crippen molar-refractivity contribution in [3.05, 3.63) is 0 Å². The topological polar surface area (TPSA) is 201 Å². The van der Waals surface area contributed by atoms with Crippen LogP contribution in [0.15, 0.2) is 0 Å². The lowest BCUT2D eigenvalue weighted by atomic mass is 9.93. The van der Waals surface area contributed by atoms with Gasteiger partial charge in [-0.25, -0.2) is 11.0 Å². The highest BCUT2D eigenvalue weighted by Gasteiger charge is 2.36. The molecule has 3 aliphatic heterocycles. The van der Waals surface area contributed by atoms with Crippen LogP contribution in [0.5, 0.6) is 0 Å². The van der Waals surface area contributed by atoms with Gasteiger partial charge in [-0.05, 0) is 57.1 Å². The zero-order valence-electron chi connectivity index (χ0n) is 34.1. The van der Waals surface area contributed by atoms with Crippen LogP contribution in [0.4, 0.5) is 0 Å². The molecule has 0 spiro atoms. The standard InChI is InChI=1S/C21H38N4O4.C18H33N3O4S/c1-15(2)19-21(28)25-12-11-24(3)14-17(25)10-8-6-4-5-7-9-16(20(27)22-19)13-18(26)23-29;1-21-11-8-6-4-3-5-7-9-14(13-16(22)20-25)17(23)19-15(18(21)24)10-12-26-2/h15-17,19,29H,4-14H2,1-3H3,(H,22,27)(H,23,26);14-15,25H,3-13H2,1-2H3,(H,19,23)(H,20,22). The minimum atomic E-state index is -0.601. The van der Waals surface area contributed by atoms with Crippen molar-refractivity contribution in [1.82, 2.24) is 36.3 Å². The van der Waals surface area contributed by atoms with E-state index >= 15 is 0 Å². The van der Waals surface area contributed by atoms with Crippen molar-refractivity contribution in [3.63, 3.8) is 0 Å². The molecule has 6 amide bonds. The van der Waals surface area contributed by atoms with Crippen LogP contribution in [0.1, 0.15) is 123 Å². The van der Waals surface area contributed by atoms with Crippen LogP contribution in [0.2, 0.25) is 0 Å². The quantitative estimate of drug-likeness (QED) is 0.156. The van der Waals surface area contributed by atoms with E-state index in [9.17, 15) is 28.8 Å². The van der Waals surface area contributed by atoms with E-state index in [4.69, 9.17) is 10.4 Å². The van der Waals surface area contributed by atoms with Gasteiger partial charge in [0.25, 0.3) is 0 Å². The largest absolute Gasteiger partial charge is 0.344 e. The normalized spacial score (nSPS) is 26.3. The first kappa shape index (κ1) is 48.2. The minimum Gasteiger partial charge on any atom is -0.344 e. The van der Waals surface area contributed by atoms with E-state index in [0.29, 0.717) is 32.4 Å². The van der Waals surface area contributed by atoms with Crippen LogP contribution in [-0.4, -0.2) is 131 Å². The SMILES string of the molecule is CC(C)C1NC(=O)C(CC(=O)NO)CCCCCCCC2CN(C)CCN2C1=O.CSCCC1NC(=O)C(CC(=O)NO)CCCCCCCCN(C)C1=O. The summed E-state index contributed by atoms with van der Waals surface area (Å²) < 4.78 is 0. The van der Waals surface area contributed by atoms with Crippen molar-refractivity contribution in [2.45, 2.75) is 141 Å². The van der Waals surface area contributed by atoms with E-state index < -0.39 is 35.7 Å². The van der Waals surface area contributed by atoms with Gasteiger partial charge in [-0.1, -0.05) is 78.1 Å². The van der Waals surface area contributed by atoms with Gasteiger partial charge in [0.2, 0.25) is 35.4 Å². The predicted molar refractivity (Wildman–Crippen MR) is 213 cm³/mol. The van der Waals surface area contributed by atoms with E-state index in [1.54, 1.807) is 34.7 Å². The Morgan fingerprint density at radius 3 is 1.76 bits per heavy atom. The number of rotatable bonds is 8. The second-order valence-electron chi connectivity index (χ2n) is 15.9. The highest BCUT2D eigenvalue weighted by Crippen LogP contribution is 2.23. The van der Waals surface area contributed by atoms with Gasteiger partial charge in [0.15, 0.2) is 0 Å². The lowest BCUT2D eigenvalue weighted by Gasteiger charge is -2.42. The molecule has 0 aromatic rings. The summed E-state index contributed by atoms with van der Waals surface area (Å²) in [5.74, 6) is -2.14. The molecule has 3 heterocycles. The third-order valence-corrected chi connectivity index (χ3v) is 11.7. The third kappa shape index (κ3) is 17.8. The van der Waals surface area contributed by atoms with E-state index in [1.807, 2.05) is 25.0 Å². The summed E-state index contributed by atoms with van der Waals surface area (Å²) in [5.41, 5.74) is 3.22. The summed E-state index contributed by atoms with van der Waals surface area (Å²) in [6, 6.07) is -0.989. The number of piperazine rings is 1. The van der Waals surface area contributed by atoms with Gasteiger partial charge in [0.1, 0.15) is 12.1 Å². The van der Waals surface area contributed by atoms with E-state index in [0.717, 1.165) is 95.9 Å². The van der Waals surface area contributed by atoms with Gasteiger partial charge in [0.05, 0.1) is 0 Å². The van der Waals surface area contributed by atoms with E-state index in [-0.39, 0.29) is 48.4 Å². The minimum absolute atomic E-state index is 0.0196. The number of carbonyl (C=O) groups excluding carboxylic acids is 6. The molecule has 0 aromatic heterocycles. The maximum Gasteiger partial charge on any atom is 0.245 e. The molecular weight excluding hydrogens is 727 g/mol. The average Bonchev–Trinajstić information content (AvgIpc) is 3.16. The zero-order chi connectivity index (χ0) is 40.8. The number of nitrogens with zero attached hydrogens (tertiary/aromatic N) is 3. The van der Waals surface area contributed by atoms with Crippen molar-refractivity contribution in [2.75, 3.05) is 52.3 Å². The second kappa shape index (κ2) is 26.8. The van der Waals surface area contributed by atoms with Gasteiger partial charge in [0, 0.05) is 63.9 Å². The molecule has 5 unspecified atom stereocenters. The fourth-order valence-corrected chi connectivity index (χ4v) is 8.08. The average molecular weight is 798 g/mol. The monoisotopic (exact) mass is 798 g/mol. The Labute approximate surface area is 333 Å². The molecule has 0 aromatic carbocycles. The second-order valence-corrected chi connectivity index (χ2v) is 16.9. The lowest BCUT2D eigenvalue weighted by Crippen LogP contribution is -2.60. The summed E-state index contributed by atoms with van der Waals surface area (Å²) in [4.78, 5) is 81.0. The molecule has 0 bridgehead atoms. The van der Waals surface area contributed by atoms with Gasteiger partial charge in [-0.3, -0.25) is 39.2 Å². The number of nitrogens with one attached hydrogen (secondary N) is 4. The fourth-order valence-electron chi connectivity index (χ4n) is 7.61. The first-order valence-corrected chi connectivity index (χ1v) is 21.9. The summed E-state index contributed by atoms with van der Waals surface area (Å²) in [6.07, 6.45) is 15.9. The number of likely N-dealkylation sites (N-methyl/N-ethyl adjacent to an activating group) is 2. The van der Waals surface area contributed by atoms with Crippen molar-refractivity contribution in [2.24, 2.45) is 17.8 Å². The number of hydrogen-bond acceptors (Lipinski definition) is 10. The van der Waals surface area contributed by atoms with Gasteiger partial charge in [-0.15, -0.1) is 0 Å². The van der Waals surface area contributed by atoms with Crippen LogP contribution in [0, 0.1) is 17.8 Å². The molecule has 55 heavy (non-hydrogen) atoms. The Morgan fingerprint density at radius 1 is 0.727 bits per heavy atom. The Balaban J connectivity index is 0.000000383. The Bertz CT molecular complexity index is 1210. The molecule has 6 N–H and O–H groups in total. The number of amides is 6. The molecule has 0 radical (unpaired) electrons. The molecule has 5 atom stereocenters. The molecule has 16 heteroatoms. The first-order chi connectivity index (χ1) is 26.3. The van der Waals surface area contributed by atoms with Crippen molar-refractivity contribution < 1.29 is 39.2 Å². The van der Waals surface area contributed by atoms with Crippen molar-refractivity contribution in [3.8, 4) is 0 Å². The number of thioether (sulfide) groups is 1. The molecule has 15 nitrogen and oxygen atoms in total. The summed E-state index contributed by atoms with van der Waals surface area (Å²) in [5, 5.41) is 23.4. The summed E-state index contributed by atoms with van der Waals surface area (Å²) >= 11 is 1.63.